The summed E-state index contributed by atoms with van der Waals surface area (Å²) in [5.41, 5.74) is 4.40. The van der Waals surface area contributed by atoms with Crippen LogP contribution in [0.3, 0.4) is 0 Å². The fraction of sp³-hybridized carbons (Fsp3) is 0.533. The topological polar surface area (TPSA) is 58.4 Å². The summed E-state index contributed by atoms with van der Waals surface area (Å²) in [4.78, 5) is 13.7. The van der Waals surface area contributed by atoms with E-state index < -0.39 is 0 Å². The number of rotatable bonds is 6. The van der Waals surface area contributed by atoms with Crippen molar-refractivity contribution < 1.29 is 4.79 Å². The number of carbonyl (C=O) groups is 1. The summed E-state index contributed by atoms with van der Waals surface area (Å²) in [5, 5.41) is 0. The zero-order valence-electron chi connectivity index (χ0n) is 12.3. The maximum Gasteiger partial charge on any atom is 0.238 e. The standard InChI is InChI=1S/C15H25N3O/c1-11(2)12(3)18(4)10-14-8-6-5-7-13(14)9-15(19)17-16/h5-8,11-12H,9-10,16H2,1-4H3,(H,17,19). The number of hydrogen-bond donors (Lipinski definition) is 2. The van der Waals surface area contributed by atoms with Crippen molar-refractivity contribution in [2.75, 3.05) is 7.05 Å². The molecule has 0 aliphatic heterocycles. The number of nitrogens with two attached hydrogens (primary N) is 1. The first kappa shape index (κ1) is 15.7. The van der Waals surface area contributed by atoms with Crippen LogP contribution >= 0.6 is 0 Å². The smallest absolute Gasteiger partial charge is 0.238 e. The van der Waals surface area contributed by atoms with E-state index in [4.69, 9.17) is 5.84 Å². The minimum atomic E-state index is -0.160. The monoisotopic (exact) mass is 263 g/mol. The molecular weight excluding hydrogens is 238 g/mol. The van der Waals surface area contributed by atoms with Crippen LogP contribution in [0.5, 0.6) is 0 Å². The third-order valence-corrected chi connectivity index (χ3v) is 3.71. The van der Waals surface area contributed by atoms with E-state index in [2.05, 4.69) is 44.2 Å². The van der Waals surface area contributed by atoms with Crippen LogP contribution in [0.2, 0.25) is 0 Å². The molecule has 1 aromatic carbocycles. The highest BCUT2D eigenvalue weighted by Gasteiger charge is 2.15. The fourth-order valence-electron chi connectivity index (χ4n) is 2.03. The summed E-state index contributed by atoms with van der Waals surface area (Å²) in [6, 6.07) is 8.51. The molecule has 19 heavy (non-hydrogen) atoms. The average molecular weight is 263 g/mol. The van der Waals surface area contributed by atoms with Crippen molar-refractivity contribution in [1.29, 1.82) is 0 Å². The van der Waals surface area contributed by atoms with Gasteiger partial charge in [-0.1, -0.05) is 38.1 Å². The predicted octanol–water partition coefficient (Wildman–Crippen LogP) is 1.70. The van der Waals surface area contributed by atoms with Crippen LogP contribution in [0.15, 0.2) is 24.3 Å². The Kier molecular flexibility index (Phi) is 5.99. The van der Waals surface area contributed by atoms with Crippen LogP contribution in [-0.4, -0.2) is 23.9 Å². The second-order valence-electron chi connectivity index (χ2n) is 5.41. The van der Waals surface area contributed by atoms with Crippen molar-refractivity contribution in [3.05, 3.63) is 35.4 Å². The molecule has 0 saturated carbocycles. The van der Waals surface area contributed by atoms with Gasteiger partial charge in [0.05, 0.1) is 6.42 Å². The Balaban J connectivity index is 2.80. The minimum absolute atomic E-state index is 0.160. The van der Waals surface area contributed by atoms with Crippen LogP contribution in [-0.2, 0) is 17.8 Å². The van der Waals surface area contributed by atoms with Gasteiger partial charge in [0.1, 0.15) is 0 Å². The fourth-order valence-corrected chi connectivity index (χ4v) is 2.03. The molecule has 1 rings (SSSR count). The van der Waals surface area contributed by atoms with E-state index in [-0.39, 0.29) is 5.91 Å². The van der Waals surface area contributed by atoms with Crippen molar-refractivity contribution in [3.8, 4) is 0 Å². The summed E-state index contributed by atoms with van der Waals surface area (Å²) in [6.07, 6.45) is 0.330. The number of carbonyl (C=O) groups excluding carboxylic acids is 1. The Morgan fingerprint density at radius 3 is 2.37 bits per heavy atom. The second-order valence-corrected chi connectivity index (χ2v) is 5.41. The van der Waals surface area contributed by atoms with Crippen molar-refractivity contribution in [1.82, 2.24) is 10.3 Å². The van der Waals surface area contributed by atoms with E-state index in [0.717, 1.165) is 12.1 Å². The minimum Gasteiger partial charge on any atom is -0.299 e. The Hall–Kier alpha value is -1.39. The normalized spacial score (nSPS) is 12.8. The van der Waals surface area contributed by atoms with Gasteiger partial charge in [-0.3, -0.25) is 15.1 Å². The Bertz CT molecular complexity index is 418. The van der Waals surface area contributed by atoms with Crippen LogP contribution < -0.4 is 11.3 Å². The van der Waals surface area contributed by atoms with E-state index >= 15 is 0 Å². The Labute approximate surface area is 115 Å². The molecule has 0 spiro atoms. The van der Waals surface area contributed by atoms with Gasteiger partial charge in [0.25, 0.3) is 0 Å². The molecule has 1 aromatic rings. The molecule has 0 bridgehead atoms. The first-order valence-corrected chi connectivity index (χ1v) is 6.72. The molecule has 1 atom stereocenters. The van der Waals surface area contributed by atoms with Crippen LogP contribution in [0, 0.1) is 5.92 Å². The van der Waals surface area contributed by atoms with Crippen LogP contribution in [0.1, 0.15) is 31.9 Å². The van der Waals surface area contributed by atoms with E-state index in [1.165, 1.54) is 5.56 Å². The van der Waals surface area contributed by atoms with Gasteiger partial charge in [0.15, 0.2) is 0 Å². The van der Waals surface area contributed by atoms with E-state index in [0.29, 0.717) is 18.4 Å². The first-order valence-electron chi connectivity index (χ1n) is 6.72. The molecule has 4 nitrogen and oxygen atoms in total. The number of nitrogens with zero attached hydrogens (tertiary/aromatic N) is 1. The third-order valence-electron chi connectivity index (χ3n) is 3.71. The highest BCUT2D eigenvalue weighted by molar-refractivity contribution is 5.78. The molecule has 1 amide bonds. The van der Waals surface area contributed by atoms with Crippen molar-refractivity contribution in [2.45, 2.75) is 39.8 Å². The SMILES string of the molecule is CC(C)C(C)N(C)Cc1ccccc1CC(=O)NN. The molecule has 1 unspecified atom stereocenters. The molecule has 106 valence electrons. The number of amides is 1. The molecular formula is C15H25N3O. The maximum absolute atomic E-state index is 11.4. The highest BCUT2D eigenvalue weighted by Crippen LogP contribution is 2.16. The highest BCUT2D eigenvalue weighted by atomic mass is 16.2. The zero-order chi connectivity index (χ0) is 14.4. The summed E-state index contributed by atoms with van der Waals surface area (Å²) >= 11 is 0. The summed E-state index contributed by atoms with van der Waals surface area (Å²) in [6.45, 7) is 7.50. The van der Waals surface area contributed by atoms with Crippen molar-refractivity contribution >= 4 is 5.91 Å². The number of hydrogen-bond acceptors (Lipinski definition) is 3. The average Bonchev–Trinajstić information content (AvgIpc) is 2.39. The molecule has 0 fully saturated rings. The van der Waals surface area contributed by atoms with Gasteiger partial charge < -0.3 is 0 Å². The third kappa shape index (κ3) is 4.65. The van der Waals surface area contributed by atoms with Gasteiger partial charge >= 0.3 is 0 Å². The van der Waals surface area contributed by atoms with Gasteiger partial charge in [-0.25, -0.2) is 5.84 Å². The van der Waals surface area contributed by atoms with Crippen molar-refractivity contribution in [3.63, 3.8) is 0 Å². The largest absolute Gasteiger partial charge is 0.299 e. The van der Waals surface area contributed by atoms with Gasteiger partial charge in [-0.15, -0.1) is 0 Å². The number of benzene rings is 1. The molecule has 0 aromatic heterocycles. The van der Waals surface area contributed by atoms with Gasteiger partial charge in [-0.05, 0) is 31.0 Å². The maximum atomic E-state index is 11.4. The van der Waals surface area contributed by atoms with Crippen LogP contribution in [0.25, 0.3) is 0 Å². The van der Waals surface area contributed by atoms with Gasteiger partial charge in [0.2, 0.25) is 5.91 Å². The lowest BCUT2D eigenvalue weighted by Gasteiger charge is -2.28. The predicted molar refractivity (Wildman–Crippen MR) is 78.2 cm³/mol. The van der Waals surface area contributed by atoms with Gasteiger partial charge in [-0.2, -0.15) is 0 Å². The zero-order valence-corrected chi connectivity index (χ0v) is 12.3. The lowest BCUT2D eigenvalue weighted by molar-refractivity contribution is -0.120. The number of nitrogens with one attached hydrogen (secondary N) is 1. The lowest BCUT2D eigenvalue weighted by Crippen LogP contribution is -2.34. The van der Waals surface area contributed by atoms with Crippen molar-refractivity contribution in [2.24, 2.45) is 11.8 Å². The van der Waals surface area contributed by atoms with E-state index in [1.54, 1.807) is 0 Å². The second kappa shape index (κ2) is 7.26. The summed E-state index contributed by atoms with van der Waals surface area (Å²) in [7, 11) is 2.12. The van der Waals surface area contributed by atoms with Gasteiger partial charge in [0, 0.05) is 12.6 Å². The number of hydrazine groups is 1. The molecule has 0 saturated heterocycles. The Morgan fingerprint density at radius 1 is 1.26 bits per heavy atom. The van der Waals surface area contributed by atoms with Crippen LogP contribution in [0.4, 0.5) is 0 Å². The molecule has 3 N–H and O–H groups in total. The lowest BCUT2D eigenvalue weighted by atomic mass is 10.0. The molecule has 0 aliphatic rings. The molecule has 4 heteroatoms. The summed E-state index contributed by atoms with van der Waals surface area (Å²) < 4.78 is 0. The summed E-state index contributed by atoms with van der Waals surface area (Å²) in [5.74, 6) is 5.59. The Morgan fingerprint density at radius 2 is 1.84 bits per heavy atom. The van der Waals surface area contributed by atoms with E-state index in [9.17, 15) is 4.79 Å². The molecule has 0 heterocycles. The molecule has 0 aliphatic carbocycles. The quantitative estimate of drug-likeness (QED) is 0.466. The molecule has 0 radical (unpaired) electrons. The first-order chi connectivity index (χ1) is 8.95. The van der Waals surface area contributed by atoms with E-state index in [1.807, 2.05) is 18.2 Å².